The molecule has 0 heterocycles. The van der Waals surface area contributed by atoms with Crippen LogP contribution in [0.4, 0.5) is 0 Å². The van der Waals surface area contributed by atoms with E-state index in [0.29, 0.717) is 19.4 Å². The Labute approximate surface area is 107 Å². The summed E-state index contributed by atoms with van der Waals surface area (Å²) >= 11 is 0. The highest BCUT2D eigenvalue weighted by molar-refractivity contribution is 5.77. The van der Waals surface area contributed by atoms with Gasteiger partial charge in [-0.05, 0) is 30.5 Å². The first-order chi connectivity index (χ1) is 8.63. The Kier molecular flexibility index (Phi) is 5.77. The van der Waals surface area contributed by atoms with E-state index in [4.69, 9.17) is 5.11 Å². The van der Waals surface area contributed by atoms with Crippen LogP contribution in [0.5, 0.6) is 11.5 Å². The maximum atomic E-state index is 11.4. The predicted octanol–water partition coefficient (Wildman–Crippen LogP) is 2.11. The maximum Gasteiger partial charge on any atom is 0.223 e. The van der Waals surface area contributed by atoms with Gasteiger partial charge in [-0.15, -0.1) is 0 Å². The molecular weight excluding hydrogens is 230 g/mol. The molecule has 0 spiro atoms. The second kappa shape index (κ2) is 7.37. The fourth-order valence-corrected chi connectivity index (χ4v) is 1.50. The van der Waals surface area contributed by atoms with Gasteiger partial charge < -0.3 is 15.5 Å². The Morgan fingerprint density at radius 3 is 2.72 bits per heavy atom. The number of hydrogen-bond acceptors (Lipinski definition) is 3. The standard InChI is InChI=1S/C14H19NO3/c1-2-3-4-5-14(18)15-9-8-11-6-7-12(16)13(17)10-11/h3-4,6-7,10,16-17H,2,5,8-9H2,1H3,(H,15,18)/b4-3-. The van der Waals surface area contributed by atoms with Crippen LogP contribution in [0.25, 0.3) is 0 Å². The molecule has 98 valence electrons. The van der Waals surface area contributed by atoms with Crippen LogP contribution >= 0.6 is 0 Å². The molecule has 0 fully saturated rings. The average molecular weight is 249 g/mol. The zero-order valence-corrected chi connectivity index (χ0v) is 10.5. The summed E-state index contributed by atoms with van der Waals surface area (Å²) in [5.41, 5.74) is 0.870. The van der Waals surface area contributed by atoms with Crippen LogP contribution in [0.15, 0.2) is 30.4 Å². The monoisotopic (exact) mass is 249 g/mol. The van der Waals surface area contributed by atoms with Gasteiger partial charge in [-0.2, -0.15) is 0 Å². The summed E-state index contributed by atoms with van der Waals surface area (Å²) in [4.78, 5) is 11.4. The summed E-state index contributed by atoms with van der Waals surface area (Å²) in [5, 5.41) is 21.2. The first kappa shape index (κ1) is 14.1. The van der Waals surface area contributed by atoms with Crippen LogP contribution in [0, 0.1) is 0 Å². The molecule has 1 rings (SSSR count). The van der Waals surface area contributed by atoms with Crippen molar-refractivity contribution in [3.05, 3.63) is 35.9 Å². The molecule has 0 saturated heterocycles. The van der Waals surface area contributed by atoms with Crippen molar-refractivity contribution in [2.75, 3.05) is 6.54 Å². The topological polar surface area (TPSA) is 69.6 Å². The molecular formula is C14H19NO3. The van der Waals surface area contributed by atoms with E-state index in [9.17, 15) is 9.90 Å². The summed E-state index contributed by atoms with van der Waals surface area (Å²) in [6, 6.07) is 4.66. The van der Waals surface area contributed by atoms with Crippen LogP contribution in [0.1, 0.15) is 25.3 Å². The van der Waals surface area contributed by atoms with Gasteiger partial charge in [0.2, 0.25) is 5.91 Å². The molecule has 3 N–H and O–H groups in total. The number of carbonyl (C=O) groups is 1. The Hall–Kier alpha value is -1.97. The maximum absolute atomic E-state index is 11.4. The van der Waals surface area contributed by atoms with Crippen molar-refractivity contribution in [3.63, 3.8) is 0 Å². The zero-order valence-electron chi connectivity index (χ0n) is 10.5. The number of rotatable bonds is 6. The number of nitrogens with one attached hydrogen (secondary N) is 1. The van der Waals surface area contributed by atoms with E-state index in [1.54, 1.807) is 6.07 Å². The fourth-order valence-electron chi connectivity index (χ4n) is 1.50. The first-order valence-electron chi connectivity index (χ1n) is 6.06. The molecule has 0 radical (unpaired) electrons. The van der Waals surface area contributed by atoms with Gasteiger partial charge >= 0.3 is 0 Å². The van der Waals surface area contributed by atoms with E-state index in [1.807, 2.05) is 19.1 Å². The molecule has 0 aliphatic rings. The number of allylic oxidation sites excluding steroid dienone is 1. The van der Waals surface area contributed by atoms with Gasteiger partial charge in [0, 0.05) is 13.0 Å². The molecule has 0 bridgehead atoms. The van der Waals surface area contributed by atoms with Crippen LogP contribution in [0.2, 0.25) is 0 Å². The Bertz CT molecular complexity index is 427. The molecule has 0 unspecified atom stereocenters. The highest BCUT2D eigenvalue weighted by Crippen LogP contribution is 2.24. The van der Waals surface area contributed by atoms with Gasteiger partial charge in [-0.3, -0.25) is 4.79 Å². The van der Waals surface area contributed by atoms with E-state index < -0.39 is 0 Å². The number of benzene rings is 1. The Morgan fingerprint density at radius 2 is 2.06 bits per heavy atom. The zero-order chi connectivity index (χ0) is 13.4. The van der Waals surface area contributed by atoms with E-state index in [2.05, 4.69) is 5.32 Å². The van der Waals surface area contributed by atoms with Crippen molar-refractivity contribution in [3.8, 4) is 11.5 Å². The van der Waals surface area contributed by atoms with Crippen molar-refractivity contribution in [2.45, 2.75) is 26.2 Å². The first-order valence-corrected chi connectivity index (χ1v) is 6.06. The minimum absolute atomic E-state index is 0.0114. The summed E-state index contributed by atoms with van der Waals surface area (Å²) in [6.45, 7) is 2.54. The normalized spacial score (nSPS) is 10.7. The van der Waals surface area contributed by atoms with Crippen molar-refractivity contribution in [1.82, 2.24) is 5.32 Å². The van der Waals surface area contributed by atoms with Crippen LogP contribution in [-0.2, 0) is 11.2 Å². The molecule has 1 aromatic rings. The van der Waals surface area contributed by atoms with Crippen LogP contribution < -0.4 is 5.32 Å². The minimum atomic E-state index is -0.135. The van der Waals surface area contributed by atoms with Crippen LogP contribution in [0.3, 0.4) is 0 Å². The van der Waals surface area contributed by atoms with Gasteiger partial charge in [0.05, 0.1) is 0 Å². The van der Waals surface area contributed by atoms with Gasteiger partial charge in [-0.25, -0.2) is 0 Å². The third-order valence-electron chi connectivity index (χ3n) is 2.48. The third-order valence-corrected chi connectivity index (χ3v) is 2.48. The lowest BCUT2D eigenvalue weighted by Gasteiger charge is -2.05. The van der Waals surface area contributed by atoms with Gasteiger partial charge in [0.15, 0.2) is 11.5 Å². The molecule has 18 heavy (non-hydrogen) atoms. The molecule has 1 aromatic carbocycles. The molecule has 1 amide bonds. The van der Waals surface area contributed by atoms with Crippen molar-refractivity contribution in [2.24, 2.45) is 0 Å². The molecule has 0 saturated carbocycles. The molecule has 0 atom stereocenters. The minimum Gasteiger partial charge on any atom is -0.504 e. The second-order valence-electron chi connectivity index (χ2n) is 4.01. The quantitative estimate of drug-likeness (QED) is 0.534. The van der Waals surface area contributed by atoms with Crippen molar-refractivity contribution >= 4 is 5.91 Å². The Morgan fingerprint density at radius 1 is 1.28 bits per heavy atom. The van der Waals surface area contributed by atoms with Gasteiger partial charge in [0.1, 0.15) is 0 Å². The van der Waals surface area contributed by atoms with E-state index in [1.165, 1.54) is 12.1 Å². The molecule has 0 aliphatic carbocycles. The van der Waals surface area contributed by atoms with Gasteiger partial charge in [0.25, 0.3) is 0 Å². The van der Waals surface area contributed by atoms with E-state index >= 15 is 0 Å². The van der Waals surface area contributed by atoms with Gasteiger partial charge in [-0.1, -0.05) is 25.1 Å². The lowest BCUT2D eigenvalue weighted by Crippen LogP contribution is -2.24. The number of aromatic hydroxyl groups is 2. The van der Waals surface area contributed by atoms with E-state index in [0.717, 1.165) is 12.0 Å². The number of carbonyl (C=O) groups excluding carboxylic acids is 1. The Balaban J connectivity index is 2.30. The molecule has 0 aliphatic heterocycles. The van der Waals surface area contributed by atoms with Crippen molar-refractivity contribution in [1.29, 1.82) is 0 Å². The summed E-state index contributed by atoms with van der Waals surface area (Å²) in [5.74, 6) is -0.278. The number of amides is 1. The molecule has 0 aromatic heterocycles. The number of phenolic OH excluding ortho intramolecular Hbond substituents is 2. The van der Waals surface area contributed by atoms with Crippen molar-refractivity contribution < 1.29 is 15.0 Å². The number of hydrogen-bond donors (Lipinski definition) is 3. The average Bonchev–Trinajstić information content (AvgIpc) is 2.34. The third kappa shape index (κ3) is 4.91. The number of phenols is 2. The highest BCUT2D eigenvalue weighted by atomic mass is 16.3. The second-order valence-corrected chi connectivity index (χ2v) is 4.01. The smallest absolute Gasteiger partial charge is 0.223 e. The largest absolute Gasteiger partial charge is 0.504 e. The fraction of sp³-hybridized carbons (Fsp3) is 0.357. The summed E-state index contributed by atoms with van der Waals surface area (Å²) < 4.78 is 0. The lowest BCUT2D eigenvalue weighted by molar-refractivity contribution is -0.120. The highest BCUT2D eigenvalue weighted by Gasteiger charge is 2.01. The summed E-state index contributed by atoms with van der Waals surface area (Å²) in [7, 11) is 0. The molecule has 4 heteroatoms. The SMILES string of the molecule is CC/C=C\CC(=O)NCCc1ccc(O)c(O)c1. The lowest BCUT2D eigenvalue weighted by atomic mass is 10.1. The predicted molar refractivity (Wildman–Crippen MR) is 70.5 cm³/mol. The van der Waals surface area contributed by atoms with Crippen LogP contribution in [-0.4, -0.2) is 22.7 Å². The molecule has 4 nitrogen and oxygen atoms in total. The van der Waals surface area contributed by atoms with E-state index in [-0.39, 0.29) is 17.4 Å². The summed E-state index contributed by atoms with van der Waals surface area (Å²) in [6.07, 6.45) is 5.76.